The molecule has 0 amide bonds. The van der Waals surface area contributed by atoms with E-state index in [1.165, 1.54) is 0 Å². The van der Waals surface area contributed by atoms with Gasteiger partial charge in [0.15, 0.2) is 7.28 Å². The molecule has 78 valence electrons. The number of aromatic nitrogens is 2. The summed E-state index contributed by atoms with van der Waals surface area (Å²) >= 11 is 0. The quantitative estimate of drug-likeness (QED) is 0.508. The summed E-state index contributed by atoms with van der Waals surface area (Å²) in [6.45, 7) is 1.99. The van der Waals surface area contributed by atoms with Crippen LogP contribution in [-0.2, 0) is 32.7 Å². The number of fused-ring (bicyclic) bond motifs is 3. The van der Waals surface area contributed by atoms with Gasteiger partial charge in [-0.15, -0.1) is 0 Å². The van der Waals surface area contributed by atoms with Crippen molar-refractivity contribution in [1.82, 2.24) is 9.97 Å². The predicted octanol–water partition coefficient (Wildman–Crippen LogP) is 2.16. The van der Waals surface area contributed by atoms with Gasteiger partial charge in [0, 0.05) is 49.7 Å². The van der Waals surface area contributed by atoms with E-state index in [1.54, 1.807) is 0 Å². The van der Waals surface area contributed by atoms with Crippen LogP contribution in [0.1, 0.15) is 0 Å². The first-order valence-corrected chi connectivity index (χ1v) is 5.32. The standard InChI is InChI=1S/C13H10BN2.Y/c1-14-11-7-6-10-5-4-9-3-2-8-15-12(9)13(10)16-11;/h2-8H,1H3;. The zero-order chi connectivity index (χ0) is 11.0. The molecule has 2 aromatic heterocycles. The summed E-state index contributed by atoms with van der Waals surface area (Å²) in [7, 11) is 2.00. The van der Waals surface area contributed by atoms with Crippen molar-refractivity contribution in [1.29, 1.82) is 0 Å². The Morgan fingerprint density at radius 2 is 1.65 bits per heavy atom. The van der Waals surface area contributed by atoms with Crippen LogP contribution in [0.15, 0.2) is 42.6 Å². The second kappa shape index (κ2) is 5.24. The third-order valence-electron chi connectivity index (χ3n) is 2.75. The monoisotopic (exact) mass is 294 g/mol. The molecule has 3 aromatic rings. The van der Waals surface area contributed by atoms with Gasteiger partial charge in [0.25, 0.3) is 0 Å². The molecule has 0 fully saturated rings. The maximum absolute atomic E-state index is 4.60. The van der Waals surface area contributed by atoms with Gasteiger partial charge in [-0.1, -0.05) is 37.2 Å². The van der Waals surface area contributed by atoms with Gasteiger partial charge in [-0.25, -0.2) is 0 Å². The van der Waals surface area contributed by atoms with E-state index in [9.17, 15) is 0 Å². The third-order valence-corrected chi connectivity index (χ3v) is 2.75. The fraction of sp³-hybridized carbons (Fsp3) is 0.0769. The van der Waals surface area contributed by atoms with Crippen LogP contribution in [0.4, 0.5) is 0 Å². The van der Waals surface area contributed by atoms with Crippen LogP contribution >= 0.6 is 0 Å². The molecule has 2 nitrogen and oxygen atoms in total. The fourth-order valence-corrected chi connectivity index (χ4v) is 1.90. The molecule has 0 N–H and O–H groups in total. The van der Waals surface area contributed by atoms with E-state index in [4.69, 9.17) is 0 Å². The van der Waals surface area contributed by atoms with Gasteiger partial charge in [-0.05, 0) is 11.7 Å². The molecular formula is C13H10BN2Y. The van der Waals surface area contributed by atoms with Gasteiger partial charge in [0.1, 0.15) is 0 Å². The van der Waals surface area contributed by atoms with Crippen molar-refractivity contribution in [3.63, 3.8) is 0 Å². The normalized spacial score (nSPS) is 10.2. The van der Waals surface area contributed by atoms with Gasteiger partial charge < -0.3 is 0 Å². The summed E-state index contributed by atoms with van der Waals surface area (Å²) in [5.74, 6) is 0. The average molecular weight is 294 g/mol. The number of hydrogen-bond donors (Lipinski definition) is 0. The molecule has 0 aliphatic carbocycles. The van der Waals surface area contributed by atoms with Crippen LogP contribution in [0, 0.1) is 0 Å². The van der Waals surface area contributed by atoms with Crippen molar-refractivity contribution in [2.24, 2.45) is 0 Å². The first kappa shape index (κ1) is 12.7. The van der Waals surface area contributed by atoms with E-state index in [0.29, 0.717) is 0 Å². The third kappa shape index (κ3) is 2.27. The van der Waals surface area contributed by atoms with Crippen molar-refractivity contribution >= 4 is 34.7 Å². The van der Waals surface area contributed by atoms with Crippen LogP contribution in [-0.4, -0.2) is 17.2 Å². The molecule has 0 aliphatic rings. The molecule has 2 radical (unpaired) electrons. The molecule has 0 unspecified atom stereocenters. The molecule has 0 atom stereocenters. The summed E-state index contributed by atoms with van der Waals surface area (Å²) in [5.41, 5.74) is 2.95. The minimum absolute atomic E-state index is 0. The van der Waals surface area contributed by atoms with E-state index in [1.807, 2.05) is 32.4 Å². The van der Waals surface area contributed by atoms with Crippen molar-refractivity contribution in [3.8, 4) is 0 Å². The van der Waals surface area contributed by atoms with Crippen molar-refractivity contribution in [3.05, 3.63) is 42.6 Å². The van der Waals surface area contributed by atoms with Crippen LogP contribution in [0.25, 0.3) is 21.8 Å². The van der Waals surface area contributed by atoms with Crippen molar-refractivity contribution in [2.45, 2.75) is 6.82 Å². The molecule has 0 saturated carbocycles. The topological polar surface area (TPSA) is 25.8 Å². The Bertz CT molecular complexity index is 670. The minimum atomic E-state index is 0. The zero-order valence-corrected chi connectivity index (χ0v) is 12.4. The summed E-state index contributed by atoms with van der Waals surface area (Å²) in [6.07, 6.45) is 1.81. The van der Waals surface area contributed by atoms with E-state index in [0.717, 1.165) is 27.4 Å². The fourth-order valence-electron chi connectivity index (χ4n) is 1.90. The van der Waals surface area contributed by atoms with E-state index < -0.39 is 0 Å². The largest absolute Gasteiger partial charge is 0.261 e. The average Bonchev–Trinajstić information content (AvgIpc) is 2.38. The van der Waals surface area contributed by atoms with Gasteiger partial charge in [-0.3, -0.25) is 9.97 Å². The van der Waals surface area contributed by atoms with E-state index in [-0.39, 0.29) is 32.7 Å². The molecule has 4 heteroatoms. The summed E-state index contributed by atoms with van der Waals surface area (Å²) in [4.78, 5) is 9.01. The Kier molecular flexibility index (Phi) is 3.90. The van der Waals surface area contributed by atoms with E-state index >= 15 is 0 Å². The van der Waals surface area contributed by atoms with Crippen molar-refractivity contribution < 1.29 is 32.7 Å². The second-order valence-corrected chi connectivity index (χ2v) is 3.74. The van der Waals surface area contributed by atoms with Gasteiger partial charge in [0.05, 0.1) is 11.0 Å². The van der Waals surface area contributed by atoms with Gasteiger partial charge in [0.2, 0.25) is 0 Å². The maximum atomic E-state index is 4.60. The molecule has 17 heavy (non-hydrogen) atoms. The molecule has 0 saturated heterocycles. The number of benzene rings is 1. The van der Waals surface area contributed by atoms with Crippen LogP contribution < -0.4 is 5.59 Å². The van der Waals surface area contributed by atoms with E-state index in [2.05, 4.69) is 34.2 Å². The zero-order valence-electron chi connectivity index (χ0n) is 9.59. The van der Waals surface area contributed by atoms with Crippen molar-refractivity contribution in [2.75, 3.05) is 0 Å². The van der Waals surface area contributed by atoms with Gasteiger partial charge >= 0.3 is 0 Å². The predicted molar refractivity (Wildman–Crippen MR) is 68.3 cm³/mol. The Morgan fingerprint density at radius 3 is 2.41 bits per heavy atom. The Hall–Kier alpha value is -0.791. The molecule has 2 heterocycles. The number of hydrogen-bond acceptors (Lipinski definition) is 2. The summed E-state index contributed by atoms with van der Waals surface area (Å²) < 4.78 is 0. The van der Waals surface area contributed by atoms with Gasteiger partial charge in [-0.2, -0.15) is 0 Å². The molecule has 1 aromatic carbocycles. The molecule has 0 aliphatic heterocycles. The Balaban J connectivity index is 0.00000108. The first-order chi connectivity index (χ1) is 7.88. The molecule has 3 rings (SSSR count). The van der Waals surface area contributed by atoms with Crippen LogP contribution in [0.2, 0.25) is 6.82 Å². The first-order valence-electron chi connectivity index (χ1n) is 5.32. The smallest absolute Gasteiger partial charge is 0.174 e. The number of pyridine rings is 2. The molecular weight excluding hydrogens is 284 g/mol. The SMILES string of the molecule is C[B]c1ccc2ccc3cccnc3c2n1.[Y]. The number of rotatable bonds is 1. The summed E-state index contributed by atoms with van der Waals surface area (Å²) in [6, 6.07) is 12.3. The second-order valence-electron chi connectivity index (χ2n) is 3.74. The minimum Gasteiger partial charge on any atom is -0.261 e. The van der Waals surface area contributed by atoms with Crippen LogP contribution in [0.5, 0.6) is 0 Å². The maximum Gasteiger partial charge on any atom is 0.174 e. The Morgan fingerprint density at radius 1 is 0.941 bits per heavy atom. The molecule has 0 spiro atoms. The Labute approximate surface area is 126 Å². The summed E-state index contributed by atoms with van der Waals surface area (Å²) in [5, 5.41) is 2.27. The van der Waals surface area contributed by atoms with Crippen LogP contribution in [0.3, 0.4) is 0 Å². The number of nitrogens with zero attached hydrogens (tertiary/aromatic N) is 2. The molecule has 0 bridgehead atoms.